The van der Waals surface area contributed by atoms with Crippen LogP contribution in [-0.4, -0.2) is 26.5 Å². The minimum absolute atomic E-state index is 0.0478. The van der Waals surface area contributed by atoms with Crippen molar-refractivity contribution >= 4 is 9.84 Å². The van der Waals surface area contributed by atoms with E-state index in [9.17, 15) is 12.8 Å². The first-order valence-electron chi connectivity index (χ1n) is 4.10. The van der Waals surface area contributed by atoms with Gasteiger partial charge in [-0.3, -0.25) is 0 Å². The Bertz CT molecular complexity index is 270. The fraction of sp³-hybridized carbons (Fsp3) is 0.750. The first kappa shape index (κ1) is 12.6. The summed E-state index contributed by atoms with van der Waals surface area (Å²) in [6, 6.07) is 0. The standard InChI is InChI=1S/C8H16FNO2S/c1-7(2)5-13(11,12)6-8(3-9)4-10/h3,7H,4-6,10H2,1-2H3/b8-3+. The van der Waals surface area contributed by atoms with Gasteiger partial charge in [-0.25, -0.2) is 12.8 Å². The summed E-state index contributed by atoms with van der Waals surface area (Å²) < 4.78 is 34.6. The number of halogens is 1. The molecule has 0 saturated heterocycles. The Morgan fingerprint density at radius 2 is 2.08 bits per heavy atom. The number of rotatable bonds is 5. The molecule has 0 aromatic rings. The predicted octanol–water partition coefficient (Wildman–Crippen LogP) is 0.869. The van der Waals surface area contributed by atoms with E-state index in [1.807, 2.05) is 0 Å². The predicted molar refractivity (Wildman–Crippen MR) is 51.7 cm³/mol. The van der Waals surface area contributed by atoms with Gasteiger partial charge in [-0.05, 0) is 11.5 Å². The average Bonchev–Trinajstić information content (AvgIpc) is 1.97. The van der Waals surface area contributed by atoms with E-state index in [1.54, 1.807) is 13.8 Å². The third kappa shape index (κ3) is 5.76. The Balaban J connectivity index is 4.34. The van der Waals surface area contributed by atoms with Crippen LogP contribution in [0, 0.1) is 5.92 Å². The lowest BCUT2D eigenvalue weighted by Gasteiger charge is -2.07. The van der Waals surface area contributed by atoms with Crippen molar-refractivity contribution in [2.24, 2.45) is 11.7 Å². The highest BCUT2D eigenvalue weighted by Crippen LogP contribution is 2.05. The summed E-state index contributed by atoms with van der Waals surface area (Å²) in [7, 11) is -3.19. The number of hydrogen-bond donors (Lipinski definition) is 1. The van der Waals surface area contributed by atoms with Crippen LogP contribution in [0.2, 0.25) is 0 Å². The van der Waals surface area contributed by atoms with Gasteiger partial charge >= 0.3 is 0 Å². The summed E-state index contributed by atoms with van der Waals surface area (Å²) in [5, 5.41) is 0. The molecule has 0 atom stereocenters. The molecule has 0 unspecified atom stereocenters. The van der Waals surface area contributed by atoms with Crippen molar-refractivity contribution in [1.82, 2.24) is 0 Å². The van der Waals surface area contributed by atoms with Gasteiger partial charge in [0.25, 0.3) is 0 Å². The second-order valence-electron chi connectivity index (χ2n) is 3.42. The average molecular weight is 209 g/mol. The molecule has 0 heterocycles. The molecule has 13 heavy (non-hydrogen) atoms. The molecule has 0 aromatic carbocycles. The maximum Gasteiger partial charge on any atom is 0.154 e. The van der Waals surface area contributed by atoms with Gasteiger partial charge in [0.1, 0.15) is 0 Å². The van der Waals surface area contributed by atoms with Gasteiger partial charge in [-0.15, -0.1) is 0 Å². The molecule has 5 heteroatoms. The summed E-state index contributed by atoms with van der Waals surface area (Å²) in [6.45, 7) is 3.56. The maximum absolute atomic E-state index is 12.0. The molecule has 0 aliphatic rings. The monoisotopic (exact) mass is 209 g/mol. The molecule has 78 valence electrons. The summed E-state index contributed by atoms with van der Waals surface area (Å²) >= 11 is 0. The van der Waals surface area contributed by atoms with Gasteiger partial charge in [-0.2, -0.15) is 0 Å². The summed E-state index contributed by atoms with van der Waals surface area (Å²) in [4.78, 5) is 0. The van der Waals surface area contributed by atoms with E-state index >= 15 is 0 Å². The quantitative estimate of drug-likeness (QED) is 0.731. The van der Waals surface area contributed by atoms with Crippen molar-refractivity contribution in [3.8, 4) is 0 Å². The lowest BCUT2D eigenvalue weighted by atomic mass is 10.3. The van der Waals surface area contributed by atoms with Gasteiger partial charge in [0, 0.05) is 6.54 Å². The van der Waals surface area contributed by atoms with Gasteiger partial charge in [0.2, 0.25) is 0 Å². The number of sulfone groups is 1. The van der Waals surface area contributed by atoms with Gasteiger partial charge < -0.3 is 5.73 Å². The summed E-state index contributed by atoms with van der Waals surface area (Å²) in [6.07, 6.45) is 0.276. The Morgan fingerprint density at radius 1 is 1.54 bits per heavy atom. The van der Waals surface area contributed by atoms with Crippen LogP contribution in [0.4, 0.5) is 4.39 Å². The molecule has 0 rings (SSSR count). The van der Waals surface area contributed by atoms with Crippen molar-refractivity contribution in [3.63, 3.8) is 0 Å². The lowest BCUT2D eigenvalue weighted by Crippen LogP contribution is -2.19. The van der Waals surface area contributed by atoms with Crippen LogP contribution in [0.15, 0.2) is 11.9 Å². The SMILES string of the molecule is CC(C)CS(=O)(=O)C/C(=C/F)CN. The topological polar surface area (TPSA) is 60.2 Å². The number of hydrogen-bond acceptors (Lipinski definition) is 3. The Hall–Kier alpha value is -0.420. The summed E-state index contributed by atoms with van der Waals surface area (Å²) in [5.74, 6) is -0.133. The fourth-order valence-corrected chi connectivity index (χ4v) is 2.86. The normalized spacial score (nSPS) is 13.8. The zero-order chi connectivity index (χ0) is 10.5. The smallest absolute Gasteiger partial charge is 0.154 e. The first-order valence-corrected chi connectivity index (χ1v) is 5.92. The highest BCUT2D eigenvalue weighted by molar-refractivity contribution is 7.91. The van der Waals surface area contributed by atoms with Gasteiger partial charge in [0.05, 0.1) is 17.8 Å². The highest BCUT2D eigenvalue weighted by Gasteiger charge is 2.14. The second-order valence-corrected chi connectivity index (χ2v) is 5.53. The van der Waals surface area contributed by atoms with Crippen molar-refractivity contribution in [2.75, 3.05) is 18.1 Å². The summed E-state index contributed by atoms with van der Waals surface area (Å²) in [5.41, 5.74) is 5.27. The molecule has 0 aliphatic heterocycles. The van der Waals surface area contributed by atoms with Crippen LogP contribution in [-0.2, 0) is 9.84 Å². The molecule has 0 spiro atoms. The first-order chi connectivity index (χ1) is 5.91. The van der Waals surface area contributed by atoms with Crippen molar-refractivity contribution in [2.45, 2.75) is 13.8 Å². The molecule has 0 bridgehead atoms. The van der Waals surface area contributed by atoms with Gasteiger partial charge in [0.15, 0.2) is 9.84 Å². The van der Waals surface area contributed by atoms with Crippen LogP contribution >= 0.6 is 0 Å². The van der Waals surface area contributed by atoms with Gasteiger partial charge in [-0.1, -0.05) is 13.8 Å². The van der Waals surface area contributed by atoms with Crippen molar-refractivity contribution in [3.05, 3.63) is 11.9 Å². The molecular formula is C8H16FNO2S. The van der Waals surface area contributed by atoms with Crippen LogP contribution < -0.4 is 5.73 Å². The molecule has 0 saturated carbocycles. The zero-order valence-electron chi connectivity index (χ0n) is 7.96. The molecule has 3 nitrogen and oxygen atoms in total. The fourth-order valence-electron chi connectivity index (χ4n) is 0.984. The van der Waals surface area contributed by atoms with E-state index in [0.717, 1.165) is 0 Å². The minimum Gasteiger partial charge on any atom is -0.327 e. The Labute approximate surface area is 78.7 Å². The lowest BCUT2D eigenvalue weighted by molar-refractivity contribution is 0.583. The third-order valence-corrected chi connectivity index (χ3v) is 3.39. The minimum atomic E-state index is -3.19. The molecule has 0 fully saturated rings. The van der Waals surface area contributed by atoms with Crippen LogP contribution in [0.3, 0.4) is 0 Å². The van der Waals surface area contributed by atoms with Crippen molar-refractivity contribution in [1.29, 1.82) is 0 Å². The van der Waals surface area contributed by atoms with E-state index < -0.39 is 9.84 Å². The molecule has 0 aromatic heterocycles. The molecule has 0 aliphatic carbocycles. The Kier molecular flexibility index (Phi) is 5.17. The third-order valence-electron chi connectivity index (χ3n) is 1.41. The van der Waals surface area contributed by atoms with E-state index in [2.05, 4.69) is 0 Å². The second kappa shape index (κ2) is 5.34. The highest BCUT2D eigenvalue weighted by atomic mass is 32.2. The van der Waals surface area contributed by atoms with E-state index in [1.165, 1.54) is 0 Å². The molecular weight excluding hydrogens is 193 g/mol. The largest absolute Gasteiger partial charge is 0.327 e. The van der Waals surface area contributed by atoms with Crippen LogP contribution in [0.25, 0.3) is 0 Å². The molecule has 2 N–H and O–H groups in total. The van der Waals surface area contributed by atoms with E-state index in [-0.39, 0.29) is 35.9 Å². The molecule has 0 amide bonds. The number of nitrogens with two attached hydrogens (primary N) is 1. The zero-order valence-corrected chi connectivity index (χ0v) is 8.77. The maximum atomic E-state index is 12.0. The van der Waals surface area contributed by atoms with Crippen LogP contribution in [0.5, 0.6) is 0 Å². The van der Waals surface area contributed by atoms with Crippen LogP contribution in [0.1, 0.15) is 13.8 Å². The van der Waals surface area contributed by atoms with E-state index in [0.29, 0.717) is 0 Å². The molecule has 0 radical (unpaired) electrons. The van der Waals surface area contributed by atoms with E-state index in [4.69, 9.17) is 5.73 Å². The Morgan fingerprint density at radius 3 is 2.38 bits per heavy atom. The van der Waals surface area contributed by atoms with Crippen molar-refractivity contribution < 1.29 is 12.8 Å².